The minimum atomic E-state index is -1.80. The second-order valence-corrected chi connectivity index (χ2v) is 4.08. The van der Waals surface area contributed by atoms with Gasteiger partial charge < -0.3 is 4.74 Å². The van der Waals surface area contributed by atoms with E-state index < -0.39 is 11.7 Å². The fourth-order valence-corrected chi connectivity index (χ4v) is 1.67. The third-order valence-electron chi connectivity index (χ3n) is 2.67. The van der Waals surface area contributed by atoms with E-state index in [1.807, 2.05) is 13.8 Å². The Kier molecular flexibility index (Phi) is 6.34. The highest BCUT2D eigenvalue weighted by Crippen LogP contribution is 2.35. The van der Waals surface area contributed by atoms with Crippen LogP contribution in [0, 0.1) is 0 Å². The van der Waals surface area contributed by atoms with Crippen LogP contribution in [0.1, 0.15) is 66.2 Å². The van der Waals surface area contributed by atoms with Gasteiger partial charge in [-0.3, -0.25) is 0 Å². The smallest absolute Gasteiger partial charge is 0.212 e. The van der Waals surface area contributed by atoms with E-state index in [1.54, 1.807) is 13.8 Å². The molecule has 0 N–H and O–H groups in total. The summed E-state index contributed by atoms with van der Waals surface area (Å²) in [6.07, 6.45) is 2.26. The van der Waals surface area contributed by atoms with Gasteiger partial charge in [0.1, 0.15) is 0 Å². The molecule has 0 amide bonds. The lowest BCUT2D eigenvalue weighted by Gasteiger charge is -2.33. The highest BCUT2D eigenvalue weighted by Gasteiger charge is 2.39. The van der Waals surface area contributed by atoms with Crippen LogP contribution in [0.5, 0.6) is 0 Å². The predicted molar refractivity (Wildman–Crippen MR) is 59.2 cm³/mol. The average Bonchev–Trinajstić information content (AvgIpc) is 2.18. The van der Waals surface area contributed by atoms with Crippen LogP contribution >= 0.6 is 0 Å². The van der Waals surface area contributed by atoms with Crippen molar-refractivity contribution in [3.63, 3.8) is 0 Å². The normalized spacial score (nSPS) is 19.6. The largest absolute Gasteiger partial charge is 0.309 e. The molecule has 0 fully saturated rings. The molecule has 3 heteroatoms. The zero-order valence-corrected chi connectivity index (χ0v) is 10.4. The van der Waals surface area contributed by atoms with Crippen molar-refractivity contribution in [2.75, 3.05) is 0 Å². The van der Waals surface area contributed by atoms with E-state index in [-0.39, 0.29) is 25.7 Å². The highest BCUT2D eigenvalue weighted by atomic mass is 19.2. The van der Waals surface area contributed by atoms with Crippen molar-refractivity contribution in [1.82, 2.24) is 0 Å². The maximum absolute atomic E-state index is 14.1. The molecule has 0 aliphatic rings. The third-order valence-corrected chi connectivity index (χ3v) is 2.67. The average molecular weight is 222 g/mol. The van der Waals surface area contributed by atoms with E-state index in [9.17, 15) is 8.78 Å². The van der Waals surface area contributed by atoms with Crippen molar-refractivity contribution < 1.29 is 13.5 Å². The van der Waals surface area contributed by atoms with Crippen LogP contribution < -0.4 is 0 Å². The lowest BCUT2D eigenvalue weighted by molar-refractivity contribution is -0.281. The number of hydrogen-bond acceptors (Lipinski definition) is 1. The summed E-state index contributed by atoms with van der Waals surface area (Å²) >= 11 is 0. The monoisotopic (exact) mass is 222 g/mol. The summed E-state index contributed by atoms with van der Waals surface area (Å²) in [5, 5.41) is 0. The zero-order chi connectivity index (χ0) is 11.9. The van der Waals surface area contributed by atoms with Gasteiger partial charge in [0.05, 0.1) is 0 Å². The molecule has 0 aromatic carbocycles. The Morgan fingerprint density at radius 3 is 1.33 bits per heavy atom. The predicted octanol–water partition coefficient (Wildman–Crippen LogP) is 4.75. The summed E-state index contributed by atoms with van der Waals surface area (Å²) < 4.78 is 33.2. The second kappa shape index (κ2) is 6.41. The Labute approximate surface area is 92.2 Å². The molecule has 0 aromatic heterocycles. The molecule has 0 aliphatic heterocycles. The fourth-order valence-electron chi connectivity index (χ4n) is 1.67. The Balaban J connectivity index is 4.47. The first-order valence-corrected chi connectivity index (χ1v) is 6.03. The van der Waals surface area contributed by atoms with Crippen LogP contribution in [0.3, 0.4) is 0 Å². The van der Waals surface area contributed by atoms with Crippen molar-refractivity contribution >= 4 is 0 Å². The van der Waals surface area contributed by atoms with Crippen LogP contribution in [0.4, 0.5) is 8.78 Å². The van der Waals surface area contributed by atoms with Crippen LogP contribution in [-0.2, 0) is 4.74 Å². The highest BCUT2D eigenvalue weighted by molar-refractivity contribution is 4.73. The minimum absolute atomic E-state index is 0.205. The molecule has 0 rings (SSSR count). The van der Waals surface area contributed by atoms with E-state index >= 15 is 0 Å². The third kappa shape index (κ3) is 4.92. The summed E-state index contributed by atoms with van der Waals surface area (Å²) in [6.45, 7) is 7.13. The molecule has 0 spiro atoms. The van der Waals surface area contributed by atoms with Crippen molar-refractivity contribution in [1.29, 1.82) is 0 Å². The van der Waals surface area contributed by atoms with Crippen LogP contribution in [0.15, 0.2) is 0 Å². The number of hydrogen-bond donors (Lipinski definition) is 0. The summed E-state index contributed by atoms with van der Waals surface area (Å²) in [6, 6.07) is 0. The van der Waals surface area contributed by atoms with Gasteiger partial charge in [0, 0.05) is 25.7 Å². The number of ether oxygens (including phenoxy) is 1. The molecule has 2 atom stereocenters. The van der Waals surface area contributed by atoms with E-state index in [0.717, 1.165) is 0 Å². The van der Waals surface area contributed by atoms with Gasteiger partial charge in [0.15, 0.2) is 0 Å². The Morgan fingerprint density at radius 2 is 1.13 bits per heavy atom. The molecular weight excluding hydrogens is 198 g/mol. The second-order valence-electron chi connectivity index (χ2n) is 4.08. The molecule has 0 radical (unpaired) electrons. The topological polar surface area (TPSA) is 9.23 Å². The lowest BCUT2D eigenvalue weighted by Crippen LogP contribution is -2.38. The molecule has 0 saturated carbocycles. The van der Waals surface area contributed by atoms with Crippen LogP contribution in [0.25, 0.3) is 0 Å². The number of halogens is 2. The van der Waals surface area contributed by atoms with Gasteiger partial charge in [-0.05, 0) is 0 Å². The van der Waals surface area contributed by atoms with Crippen molar-refractivity contribution in [3.05, 3.63) is 0 Å². The molecule has 0 saturated heterocycles. The van der Waals surface area contributed by atoms with E-state index in [0.29, 0.717) is 12.8 Å². The first kappa shape index (κ1) is 14.8. The first-order valence-electron chi connectivity index (χ1n) is 6.03. The van der Waals surface area contributed by atoms with E-state index in [1.165, 1.54) is 0 Å². The van der Waals surface area contributed by atoms with Gasteiger partial charge >= 0.3 is 0 Å². The SMILES string of the molecule is CCCC(F)(CC)OC(F)(CC)CCC. The van der Waals surface area contributed by atoms with Crippen molar-refractivity contribution in [3.8, 4) is 0 Å². The molecule has 0 aromatic rings. The maximum Gasteiger partial charge on any atom is 0.212 e. The van der Waals surface area contributed by atoms with Crippen molar-refractivity contribution in [2.45, 2.75) is 77.9 Å². The molecule has 0 bridgehead atoms. The van der Waals surface area contributed by atoms with Crippen LogP contribution in [0.2, 0.25) is 0 Å². The summed E-state index contributed by atoms with van der Waals surface area (Å²) in [5.74, 6) is -3.59. The van der Waals surface area contributed by atoms with E-state index in [4.69, 9.17) is 4.74 Å². The molecule has 15 heavy (non-hydrogen) atoms. The summed E-state index contributed by atoms with van der Waals surface area (Å²) in [4.78, 5) is 0. The molecule has 2 unspecified atom stereocenters. The van der Waals surface area contributed by atoms with Crippen molar-refractivity contribution in [2.24, 2.45) is 0 Å². The molecule has 1 nitrogen and oxygen atoms in total. The van der Waals surface area contributed by atoms with Gasteiger partial charge in [0.25, 0.3) is 0 Å². The van der Waals surface area contributed by atoms with Gasteiger partial charge in [-0.15, -0.1) is 0 Å². The van der Waals surface area contributed by atoms with Gasteiger partial charge in [-0.25, -0.2) is 8.78 Å². The summed E-state index contributed by atoms with van der Waals surface area (Å²) in [7, 11) is 0. The van der Waals surface area contributed by atoms with Gasteiger partial charge in [-0.2, -0.15) is 0 Å². The molecule has 0 heterocycles. The maximum atomic E-state index is 14.1. The fraction of sp³-hybridized carbons (Fsp3) is 1.00. The first-order chi connectivity index (χ1) is 6.95. The Morgan fingerprint density at radius 1 is 0.800 bits per heavy atom. The van der Waals surface area contributed by atoms with Crippen LogP contribution in [-0.4, -0.2) is 11.7 Å². The molecular formula is C12H24F2O. The number of rotatable bonds is 8. The molecule has 92 valence electrons. The Bertz CT molecular complexity index is 157. The van der Waals surface area contributed by atoms with E-state index in [2.05, 4.69) is 0 Å². The van der Waals surface area contributed by atoms with Gasteiger partial charge in [0.2, 0.25) is 11.7 Å². The summed E-state index contributed by atoms with van der Waals surface area (Å²) in [5.41, 5.74) is 0. The Hall–Kier alpha value is -0.180. The lowest BCUT2D eigenvalue weighted by atomic mass is 10.1. The minimum Gasteiger partial charge on any atom is -0.309 e. The quantitative estimate of drug-likeness (QED) is 0.575. The zero-order valence-electron chi connectivity index (χ0n) is 10.4. The number of alkyl halides is 2. The molecule has 0 aliphatic carbocycles. The standard InChI is InChI=1S/C12H24F2O/c1-5-9-11(13,7-3)15-12(14,8-4)10-6-2/h5-10H2,1-4H3. The van der Waals surface area contributed by atoms with Gasteiger partial charge in [-0.1, -0.05) is 40.5 Å².